The highest BCUT2D eigenvalue weighted by Gasteiger charge is 2.27. The fourth-order valence-corrected chi connectivity index (χ4v) is 4.04. The van der Waals surface area contributed by atoms with Crippen molar-refractivity contribution >= 4 is 40.4 Å². The van der Waals surface area contributed by atoms with Crippen LogP contribution in [0.3, 0.4) is 0 Å². The molecule has 11 nitrogen and oxygen atoms in total. The average molecular weight is 535 g/mol. The van der Waals surface area contributed by atoms with Gasteiger partial charge in [-0.3, -0.25) is 9.59 Å². The molecule has 1 aromatic heterocycles. The Labute approximate surface area is 230 Å². The van der Waals surface area contributed by atoms with Crippen molar-refractivity contribution in [1.29, 1.82) is 0 Å². The molecule has 0 saturated heterocycles. The molecule has 0 radical (unpaired) electrons. The lowest BCUT2D eigenvalue weighted by Gasteiger charge is -2.26. The van der Waals surface area contributed by atoms with Gasteiger partial charge >= 0.3 is 0 Å². The Hall–Kier alpha value is -4.25. The molecular weight excluding hydrogens is 496 g/mol. The molecule has 2 amide bonds. The minimum atomic E-state index is -0.331. The van der Waals surface area contributed by atoms with E-state index in [9.17, 15) is 9.59 Å². The molecule has 2 atom stereocenters. The number of amides is 2. The Morgan fingerprint density at radius 2 is 1.85 bits per heavy atom. The molecule has 0 spiro atoms. The number of methoxy groups -OCH3 is 1. The fraction of sp³-hybridized carbons (Fsp3) is 0.393. The normalized spacial score (nSPS) is 16.4. The van der Waals surface area contributed by atoms with E-state index >= 15 is 0 Å². The Bertz CT molecular complexity index is 1270. The molecule has 1 heterocycles. The van der Waals surface area contributed by atoms with Gasteiger partial charge in [-0.1, -0.05) is 31.7 Å². The largest absolute Gasteiger partial charge is 0.494 e. The van der Waals surface area contributed by atoms with Crippen LogP contribution < -0.4 is 20.3 Å². The van der Waals surface area contributed by atoms with Crippen molar-refractivity contribution in [3.05, 3.63) is 55.2 Å². The molecule has 2 aromatic rings. The van der Waals surface area contributed by atoms with Crippen LogP contribution in [0.5, 0.6) is 5.75 Å². The first-order valence-corrected chi connectivity index (χ1v) is 12.6. The summed E-state index contributed by atoms with van der Waals surface area (Å²) in [5.74, 6) is 0.715. The Morgan fingerprint density at radius 1 is 1.10 bits per heavy atom. The van der Waals surface area contributed by atoms with Crippen molar-refractivity contribution in [2.24, 2.45) is 11.8 Å². The van der Waals surface area contributed by atoms with Crippen molar-refractivity contribution in [3.8, 4) is 5.75 Å². The number of ether oxygens (including phenoxy) is 1. The van der Waals surface area contributed by atoms with Gasteiger partial charge in [0.1, 0.15) is 12.1 Å². The summed E-state index contributed by atoms with van der Waals surface area (Å²) in [6, 6.07) is 3.63. The number of rotatable bonds is 11. The molecule has 2 N–H and O–H groups in total. The van der Waals surface area contributed by atoms with Crippen LogP contribution in [0.25, 0.3) is 5.57 Å². The first-order chi connectivity index (χ1) is 18.5. The smallest absolute Gasteiger partial charge is 0.247 e. The zero-order valence-corrected chi connectivity index (χ0v) is 23.7. The van der Waals surface area contributed by atoms with Crippen molar-refractivity contribution < 1.29 is 14.3 Å². The number of aromatic nitrogens is 3. The minimum Gasteiger partial charge on any atom is -0.494 e. The van der Waals surface area contributed by atoms with Gasteiger partial charge in [-0.15, -0.1) is 0 Å². The van der Waals surface area contributed by atoms with Crippen LogP contribution in [0.4, 0.5) is 23.0 Å². The van der Waals surface area contributed by atoms with Gasteiger partial charge in [0.05, 0.1) is 30.1 Å². The third-order valence-electron chi connectivity index (χ3n) is 6.36. The van der Waals surface area contributed by atoms with Gasteiger partial charge < -0.3 is 30.1 Å². The third-order valence-corrected chi connectivity index (χ3v) is 6.36. The van der Waals surface area contributed by atoms with Gasteiger partial charge in [-0.25, -0.2) is 9.97 Å². The maximum Gasteiger partial charge on any atom is 0.247 e. The van der Waals surface area contributed by atoms with E-state index in [2.05, 4.69) is 37.1 Å². The van der Waals surface area contributed by atoms with E-state index in [0.717, 1.165) is 24.4 Å². The van der Waals surface area contributed by atoms with Crippen molar-refractivity contribution in [1.82, 2.24) is 24.8 Å². The van der Waals surface area contributed by atoms with Crippen molar-refractivity contribution in [3.63, 3.8) is 0 Å². The number of carbonyl (C=O) groups is 2. The van der Waals surface area contributed by atoms with Crippen LogP contribution >= 0.6 is 0 Å². The second-order valence-electron chi connectivity index (χ2n) is 9.84. The molecule has 1 aliphatic carbocycles. The Balaban J connectivity index is 1.96. The summed E-state index contributed by atoms with van der Waals surface area (Å²) in [7, 11) is 11.0. The maximum atomic E-state index is 12.7. The highest BCUT2D eigenvalue weighted by molar-refractivity contribution is 6.02. The van der Waals surface area contributed by atoms with Crippen molar-refractivity contribution in [2.45, 2.75) is 6.92 Å². The summed E-state index contributed by atoms with van der Waals surface area (Å²) in [4.78, 5) is 43.8. The molecule has 0 aliphatic heterocycles. The average Bonchev–Trinajstić information content (AvgIpc) is 2.91. The third kappa shape index (κ3) is 7.41. The molecule has 208 valence electrons. The van der Waals surface area contributed by atoms with Gasteiger partial charge in [0, 0.05) is 45.9 Å². The molecule has 1 aliphatic rings. The van der Waals surface area contributed by atoms with Crippen LogP contribution in [0, 0.1) is 11.8 Å². The number of nitrogens with zero attached hydrogens (tertiary/aromatic N) is 6. The molecule has 0 fully saturated rings. The highest BCUT2D eigenvalue weighted by Crippen LogP contribution is 2.38. The first-order valence-electron chi connectivity index (χ1n) is 12.6. The van der Waals surface area contributed by atoms with E-state index in [1.807, 2.05) is 57.3 Å². The van der Waals surface area contributed by atoms with Gasteiger partial charge in [0.15, 0.2) is 5.82 Å². The number of hydrogen-bond acceptors (Lipinski definition) is 9. The van der Waals surface area contributed by atoms with Crippen LogP contribution in [-0.4, -0.2) is 92.0 Å². The maximum absolute atomic E-state index is 12.7. The summed E-state index contributed by atoms with van der Waals surface area (Å²) >= 11 is 0. The number of allylic oxidation sites excluding steroid dienone is 3. The molecule has 11 heteroatoms. The zero-order valence-electron chi connectivity index (χ0n) is 23.7. The standard InChI is InChI=1S/C28H38N8O3/c1-9-25(37)31-21-15-22(24(39-8)16-23(21)36(7)13-12-34(3)4)32-28-30-17-29-26(33-28)19-11-10-18(2)20(14-19)27(38)35(5)6/h9-11,14-18,20H,1,12-13H2,2-8H3,(H,31,37)(H,29,30,32,33). The van der Waals surface area contributed by atoms with Crippen LogP contribution in [0.1, 0.15) is 12.7 Å². The molecule has 3 rings (SSSR count). The van der Waals surface area contributed by atoms with Crippen LogP contribution in [0.15, 0.2) is 49.3 Å². The number of carbonyl (C=O) groups excluding carboxylic acids is 2. The lowest BCUT2D eigenvalue weighted by atomic mass is 9.86. The summed E-state index contributed by atoms with van der Waals surface area (Å²) in [5.41, 5.74) is 2.66. The van der Waals surface area contributed by atoms with E-state index in [1.54, 1.807) is 32.2 Å². The predicted octanol–water partition coefficient (Wildman–Crippen LogP) is 3.04. The molecule has 0 bridgehead atoms. The topological polar surface area (TPSA) is 116 Å². The number of hydrogen-bond donors (Lipinski definition) is 2. The zero-order chi connectivity index (χ0) is 28.7. The molecule has 0 saturated carbocycles. The summed E-state index contributed by atoms with van der Waals surface area (Å²) < 4.78 is 5.67. The predicted molar refractivity (Wildman–Crippen MR) is 155 cm³/mol. The van der Waals surface area contributed by atoms with Crippen molar-refractivity contribution in [2.75, 3.05) is 71.0 Å². The quantitative estimate of drug-likeness (QED) is 0.420. The first kappa shape index (κ1) is 29.3. The fourth-order valence-electron chi connectivity index (χ4n) is 4.04. The number of anilines is 4. The van der Waals surface area contributed by atoms with E-state index in [1.165, 1.54) is 12.4 Å². The Morgan fingerprint density at radius 3 is 2.49 bits per heavy atom. The van der Waals surface area contributed by atoms with Crippen LogP contribution in [0.2, 0.25) is 0 Å². The number of likely N-dealkylation sites (N-methyl/N-ethyl adjacent to an activating group) is 2. The van der Waals surface area contributed by atoms with E-state index in [4.69, 9.17) is 4.74 Å². The van der Waals surface area contributed by atoms with Crippen LogP contribution in [-0.2, 0) is 9.59 Å². The second-order valence-corrected chi connectivity index (χ2v) is 9.84. The van der Waals surface area contributed by atoms with E-state index < -0.39 is 0 Å². The Kier molecular flexibility index (Phi) is 9.78. The number of benzene rings is 1. The molecule has 39 heavy (non-hydrogen) atoms. The lowest BCUT2D eigenvalue weighted by Crippen LogP contribution is -2.32. The summed E-state index contributed by atoms with van der Waals surface area (Å²) in [5, 5.41) is 6.08. The van der Waals surface area contributed by atoms with Gasteiger partial charge in [0.2, 0.25) is 17.8 Å². The van der Waals surface area contributed by atoms with E-state index in [-0.39, 0.29) is 29.6 Å². The van der Waals surface area contributed by atoms with Gasteiger partial charge in [0.25, 0.3) is 0 Å². The van der Waals surface area contributed by atoms with Gasteiger partial charge in [-0.05, 0) is 32.2 Å². The molecule has 2 unspecified atom stereocenters. The highest BCUT2D eigenvalue weighted by atomic mass is 16.5. The van der Waals surface area contributed by atoms with E-state index in [0.29, 0.717) is 22.9 Å². The molecule has 1 aromatic carbocycles. The monoisotopic (exact) mass is 534 g/mol. The molecular formula is C28H38N8O3. The summed E-state index contributed by atoms with van der Waals surface area (Å²) in [6.07, 6.45) is 8.44. The van der Waals surface area contributed by atoms with Gasteiger partial charge in [-0.2, -0.15) is 4.98 Å². The lowest BCUT2D eigenvalue weighted by molar-refractivity contribution is -0.132. The SMILES string of the molecule is C=CC(=O)Nc1cc(Nc2ncnc(C3=CC(C(=O)N(C)C)C(C)C=C3)n2)c(OC)cc1N(C)CCN(C)C. The second kappa shape index (κ2) is 13.0. The summed E-state index contributed by atoms with van der Waals surface area (Å²) in [6.45, 7) is 7.13. The number of nitrogens with one attached hydrogen (secondary N) is 2. The minimum absolute atomic E-state index is 0.0197.